The number of hydrogen-bond donors (Lipinski definition) is 1. The highest BCUT2D eigenvalue weighted by molar-refractivity contribution is 5.89. The van der Waals surface area contributed by atoms with Gasteiger partial charge in [0.2, 0.25) is 5.91 Å². The molecule has 1 fully saturated rings. The molecule has 1 aliphatic rings. The van der Waals surface area contributed by atoms with E-state index in [4.69, 9.17) is 0 Å². The van der Waals surface area contributed by atoms with Crippen molar-refractivity contribution in [1.29, 1.82) is 0 Å². The van der Waals surface area contributed by atoms with Crippen LogP contribution in [0.3, 0.4) is 0 Å². The van der Waals surface area contributed by atoms with Crippen LogP contribution in [0.5, 0.6) is 0 Å². The van der Waals surface area contributed by atoms with Gasteiger partial charge in [-0.05, 0) is 31.4 Å². The summed E-state index contributed by atoms with van der Waals surface area (Å²) in [6.45, 7) is 4.22. The van der Waals surface area contributed by atoms with E-state index >= 15 is 0 Å². The number of rotatable bonds is 4. The van der Waals surface area contributed by atoms with Gasteiger partial charge < -0.3 is 10.2 Å². The lowest BCUT2D eigenvalue weighted by Gasteiger charge is -2.17. The fourth-order valence-electron chi connectivity index (χ4n) is 2.05. The van der Waals surface area contributed by atoms with E-state index < -0.39 is 0 Å². The maximum atomic E-state index is 11.4. The van der Waals surface area contributed by atoms with E-state index in [2.05, 4.69) is 15.2 Å². The average Bonchev–Trinajstić information content (AvgIpc) is 2.84. The Morgan fingerprint density at radius 3 is 2.76 bits per heavy atom. The Hall–Kier alpha value is -1.58. The lowest BCUT2D eigenvalue weighted by Crippen LogP contribution is -2.18. The summed E-state index contributed by atoms with van der Waals surface area (Å²) < 4.78 is 0. The molecular formula is C13H19N3O. The van der Waals surface area contributed by atoms with Crippen molar-refractivity contribution in [3.8, 4) is 0 Å². The van der Waals surface area contributed by atoms with Crippen LogP contribution in [-0.2, 0) is 4.79 Å². The van der Waals surface area contributed by atoms with Crippen LogP contribution in [0, 0.1) is 0 Å². The lowest BCUT2D eigenvalue weighted by atomic mass is 10.3. The Bertz CT molecular complexity index is 369. The summed E-state index contributed by atoms with van der Waals surface area (Å²) in [6.07, 6.45) is 5.77. The maximum absolute atomic E-state index is 11.4. The van der Waals surface area contributed by atoms with E-state index in [1.165, 1.54) is 12.8 Å². The van der Waals surface area contributed by atoms with Crippen LogP contribution in [0.1, 0.15) is 32.6 Å². The highest BCUT2D eigenvalue weighted by Crippen LogP contribution is 2.20. The summed E-state index contributed by atoms with van der Waals surface area (Å²) in [6, 6.07) is 3.90. The van der Waals surface area contributed by atoms with Crippen molar-refractivity contribution in [3.63, 3.8) is 0 Å². The third-order valence-electron chi connectivity index (χ3n) is 2.96. The van der Waals surface area contributed by atoms with Gasteiger partial charge in [-0.3, -0.25) is 4.79 Å². The quantitative estimate of drug-likeness (QED) is 0.868. The molecule has 92 valence electrons. The minimum atomic E-state index is 0.0360. The highest BCUT2D eigenvalue weighted by atomic mass is 16.1. The zero-order chi connectivity index (χ0) is 12.1. The number of amides is 1. The lowest BCUT2D eigenvalue weighted by molar-refractivity contribution is -0.116. The molecule has 17 heavy (non-hydrogen) atoms. The second kappa shape index (κ2) is 5.66. The largest absolute Gasteiger partial charge is 0.370 e. The van der Waals surface area contributed by atoms with E-state index in [1.54, 1.807) is 0 Å². The number of carbonyl (C=O) groups is 1. The molecule has 0 aromatic carbocycles. The van der Waals surface area contributed by atoms with Gasteiger partial charge in [0.25, 0.3) is 0 Å². The van der Waals surface area contributed by atoms with Gasteiger partial charge in [-0.25, -0.2) is 4.98 Å². The highest BCUT2D eigenvalue weighted by Gasteiger charge is 2.12. The molecule has 0 bridgehead atoms. The molecule has 4 nitrogen and oxygen atoms in total. The SMILES string of the molecule is CCCC(=O)Nc1ccc(N2CCCC2)cn1. The number of hydrogen-bond acceptors (Lipinski definition) is 3. The zero-order valence-electron chi connectivity index (χ0n) is 10.3. The minimum Gasteiger partial charge on any atom is -0.370 e. The average molecular weight is 233 g/mol. The van der Waals surface area contributed by atoms with Crippen LogP contribution in [0.2, 0.25) is 0 Å². The number of carbonyl (C=O) groups excluding carboxylic acids is 1. The first-order valence-electron chi connectivity index (χ1n) is 6.30. The number of pyridine rings is 1. The monoisotopic (exact) mass is 233 g/mol. The third kappa shape index (κ3) is 3.19. The Kier molecular flexibility index (Phi) is 3.96. The molecule has 0 atom stereocenters. The molecule has 0 saturated carbocycles. The van der Waals surface area contributed by atoms with Gasteiger partial charge in [0, 0.05) is 19.5 Å². The smallest absolute Gasteiger partial charge is 0.225 e. The van der Waals surface area contributed by atoms with Gasteiger partial charge >= 0.3 is 0 Å². The summed E-state index contributed by atoms with van der Waals surface area (Å²) in [7, 11) is 0. The van der Waals surface area contributed by atoms with Gasteiger partial charge in [0.1, 0.15) is 5.82 Å². The number of aromatic nitrogens is 1. The van der Waals surface area contributed by atoms with Gasteiger partial charge in [0.15, 0.2) is 0 Å². The first-order chi connectivity index (χ1) is 8.29. The van der Waals surface area contributed by atoms with Crippen molar-refractivity contribution in [1.82, 2.24) is 4.98 Å². The topological polar surface area (TPSA) is 45.2 Å². The second-order valence-corrected chi connectivity index (χ2v) is 4.39. The standard InChI is InChI=1S/C13H19N3O/c1-2-5-13(17)15-12-7-6-11(10-14-12)16-8-3-4-9-16/h6-7,10H,2-5,8-9H2,1H3,(H,14,15,17). The molecule has 0 spiro atoms. The molecule has 0 unspecified atom stereocenters. The van der Waals surface area contributed by atoms with E-state index in [9.17, 15) is 4.79 Å². The predicted octanol–water partition coefficient (Wildman–Crippen LogP) is 2.42. The predicted molar refractivity (Wildman–Crippen MR) is 69.2 cm³/mol. The summed E-state index contributed by atoms with van der Waals surface area (Å²) in [5.41, 5.74) is 1.15. The Morgan fingerprint density at radius 1 is 1.41 bits per heavy atom. The Balaban J connectivity index is 1.95. The minimum absolute atomic E-state index is 0.0360. The van der Waals surface area contributed by atoms with E-state index in [-0.39, 0.29) is 5.91 Å². The zero-order valence-corrected chi connectivity index (χ0v) is 10.3. The molecule has 2 rings (SSSR count). The molecule has 2 heterocycles. The summed E-state index contributed by atoms with van der Waals surface area (Å²) in [4.78, 5) is 18.0. The maximum Gasteiger partial charge on any atom is 0.225 e. The van der Waals surface area contributed by atoms with Crippen LogP contribution >= 0.6 is 0 Å². The fraction of sp³-hybridized carbons (Fsp3) is 0.538. The molecule has 1 aliphatic heterocycles. The van der Waals surface area contributed by atoms with Gasteiger partial charge in [-0.15, -0.1) is 0 Å². The molecule has 1 saturated heterocycles. The van der Waals surface area contributed by atoms with Crippen molar-refractivity contribution < 1.29 is 4.79 Å². The van der Waals surface area contributed by atoms with Crippen molar-refractivity contribution in [3.05, 3.63) is 18.3 Å². The van der Waals surface area contributed by atoms with E-state index in [1.807, 2.05) is 25.3 Å². The van der Waals surface area contributed by atoms with Crippen LogP contribution in [-0.4, -0.2) is 24.0 Å². The molecule has 1 aromatic heterocycles. The van der Waals surface area contributed by atoms with Crippen molar-refractivity contribution >= 4 is 17.4 Å². The number of nitrogens with zero attached hydrogens (tertiary/aromatic N) is 2. The summed E-state index contributed by atoms with van der Waals surface area (Å²) in [5.74, 6) is 0.681. The molecule has 0 radical (unpaired) electrons. The first kappa shape index (κ1) is 11.9. The Morgan fingerprint density at radius 2 is 2.18 bits per heavy atom. The fourth-order valence-corrected chi connectivity index (χ4v) is 2.05. The molecular weight excluding hydrogens is 214 g/mol. The summed E-state index contributed by atoms with van der Waals surface area (Å²) in [5, 5.41) is 2.79. The van der Waals surface area contributed by atoms with Crippen LogP contribution in [0.4, 0.5) is 11.5 Å². The molecule has 1 amide bonds. The van der Waals surface area contributed by atoms with Crippen molar-refractivity contribution in [2.75, 3.05) is 23.3 Å². The van der Waals surface area contributed by atoms with Crippen LogP contribution < -0.4 is 10.2 Å². The van der Waals surface area contributed by atoms with Crippen LogP contribution in [0.25, 0.3) is 0 Å². The van der Waals surface area contributed by atoms with E-state index in [0.717, 1.165) is 25.2 Å². The van der Waals surface area contributed by atoms with Crippen molar-refractivity contribution in [2.24, 2.45) is 0 Å². The third-order valence-corrected chi connectivity index (χ3v) is 2.96. The van der Waals surface area contributed by atoms with Gasteiger partial charge in [-0.1, -0.05) is 6.92 Å². The van der Waals surface area contributed by atoms with E-state index in [0.29, 0.717) is 12.2 Å². The summed E-state index contributed by atoms with van der Waals surface area (Å²) >= 11 is 0. The van der Waals surface area contributed by atoms with Gasteiger partial charge in [-0.2, -0.15) is 0 Å². The van der Waals surface area contributed by atoms with Gasteiger partial charge in [0.05, 0.1) is 11.9 Å². The molecule has 0 aliphatic carbocycles. The normalized spacial score (nSPS) is 15.0. The Labute approximate surface area is 102 Å². The van der Waals surface area contributed by atoms with Crippen LogP contribution in [0.15, 0.2) is 18.3 Å². The van der Waals surface area contributed by atoms with Crippen molar-refractivity contribution in [2.45, 2.75) is 32.6 Å². The second-order valence-electron chi connectivity index (χ2n) is 4.39. The molecule has 1 N–H and O–H groups in total. The number of nitrogens with one attached hydrogen (secondary N) is 1. The molecule has 1 aromatic rings. The first-order valence-corrected chi connectivity index (χ1v) is 6.30. The molecule has 4 heteroatoms. The number of anilines is 2.